The Hall–Kier alpha value is 0.810. The molecular formula is C4H14O6P2S. The fourth-order valence-electron chi connectivity index (χ4n) is 0.536. The van der Waals surface area contributed by atoms with Gasteiger partial charge >= 0.3 is 81.4 Å². The van der Waals surface area contributed by atoms with Crippen molar-refractivity contribution in [1.29, 1.82) is 0 Å². The molecule has 0 aromatic rings. The summed E-state index contributed by atoms with van der Waals surface area (Å²) in [6.07, 6.45) is 1.61. The van der Waals surface area contributed by atoms with Gasteiger partial charge in [-0.2, -0.15) is 0 Å². The first kappa shape index (κ1) is 13.8. The minimum absolute atomic E-state index is 0.145. The molecule has 0 spiro atoms. The molecule has 0 aliphatic carbocycles. The van der Waals surface area contributed by atoms with Gasteiger partial charge in [-0.15, -0.1) is 0 Å². The summed E-state index contributed by atoms with van der Waals surface area (Å²) < 4.78 is 24.5. The van der Waals surface area contributed by atoms with E-state index in [0.29, 0.717) is 12.0 Å². The summed E-state index contributed by atoms with van der Waals surface area (Å²) in [5, 5.41) is 0. The molecule has 0 aliphatic rings. The van der Waals surface area contributed by atoms with Gasteiger partial charge in [-0.1, -0.05) is 0 Å². The summed E-state index contributed by atoms with van der Waals surface area (Å²) in [6, 6.07) is 0. The Morgan fingerprint density at radius 2 is 2.15 bits per heavy atom. The molecule has 0 bridgehead atoms. The summed E-state index contributed by atoms with van der Waals surface area (Å²) in [4.78, 5) is 18.5. The fraction of sp³-hybridized carbons (Fsp3) is 1.00. The van der Waals surface area contributed by atoms with Crippen molar-refractivity contribution in [2.45, 2.75) is 6.92 Å². The molecule has 0 radical (unpaired) electrons. The van der Waals surface area contributed by atoms with Crippen LogP contribution >= 0.6 is 27.8 Å². The van der Waals surface area contributed by atoms with Gasteiger partial charge in [0.1, 0.15) is 0 Å². The van der Waals surface area contributed by atoms with Crippen LogP contribution in [0.15, 0.2) is 0 Å². The van der Waals surface area contributed by atoms with Crippen LogP contribution in [0.25, 0.3) is 0 Å². The molecule has 9 heteroatoms. The van der Waals surface area contributed by atoms with E-state index in [1.54, 1.807) is 6.92 Å². The Morgan fingerprint density at radius 3 is 2.46 bits per heavy atom. The van der Waals surface area contributed by atoms with Gasteiger partial charge in [-0.25, -0.2) is 0 Å². The van der Waals surface area contributed by atoms with E-state index in [2.05, 4.69) is 12.8 Å². The molecule has 0 aromatic heterocycles. The van der Waals surface area contributed by atoms with Crippen LogP contribution in [0.3, 0.4) is 0 Å². The normalized spacial score (nSPS) is 18.2. The summed E-state index contributed by atoms with van der Waals surface area (Å²) in [7, 11) is -6.50. The molecular weight excluding hydrogens is 238 g/mol. The molecule has 0 heterocycles. The van der Waals surface area contributed by atoms with E-state index in [-0.39, 0.29) is 6.16 Å². The minimum atomic E-state index is -4.20. The van der Waals surface area contributed by atoms with Gasteiger partial charge in [0.05, 0.1) is 0 Å². The number of rotatable bonds is 6. The zero-order valence-corrected chi connectivity index (χ0v) is 10.3. The van der Waals surface area contributed by atoms with Gasteiger partial charge in [0, 0.05) is 0 Å². The summed E-state index contributed by atoms with van der Waals surface area (Å²) in [5.74, 6) is 0. The van der Waals surface area contributed by atoms with Gasteiger partial charge in [-0.05, 0) is 0 Å². The zero-order valence-electron chi connectivity index (χ0n) is 7.59. The Balaban J connectivity index is 4.30. The van der Waals surface area contributed by atoms with Crippen LogP contribution in [0, 0.1) is 0 Å². The maximum absolute atomic E-state index is 11.0. The number of hydrogen-bond donors (Lipinski definition) is 2. The summed E-state index contributed by atoms with van der Waals surface area (Å²) >= 11 is 0.688. The Labute approximate surface area is 82.0 Å². The standard InChI is InChI=1S/C4H14O6P2S/c1-4-11(5,8-2)9-12(6,7)10-13-3/h5,11H,4H2,1-3H3,(H,6,7). The molecule has 0 amide bonds. The molecule has 0 fully saturated rings. The molecule has 82 valence electrons. The topological polar surface area (TPSA) is 85.2 Å². The quantitative estimate of drug-likeness (QED) is 0.548. The van der Waals surface area contributed by atoms with Gasteiger partial charge in [-0.3, -0.25) is 0 Å². The van der Waals surface area contributed by atoms with Crippen molar-refractivity contribution >= 4 is 27.8 Å². The Bertz CT molecular complexity index is 195. The third-order valence-electron chi connectivity index (χ3n) is 1.19. The van der Waals surface area contributed by atoms with Gasteiger partial charge in [0.2, 0.25) is 0 Å². The molecule has 2 N–H and O–H groups in total. The molecule has 0 rings (SSSR count). The Kier molecular flexibility index (Phi) is 5.98. The fourth-order valence-corrected chi connectivity index (χ4v) is 4.23. The van der Waals surface area contributed by atoms with Crippen LogP contribution in [0.5, 0.6) is 0 Å². The van der Waals surface area contributed by atoms with E-state index in [1.165, 1.54) is 13.4 Å². The Morgan fingerprint density at radius 1 is 1.62 bits per heavy atom. The average Bonchev–Trinajstić information content (AvgIpc) is 2.03. The predicted molar refractivity (Wildman–Crippen MR) is 53.6 cm³/mol. The molecule has 0 aromatic carbocycles. The van der Waals surface area contributed by atoms with E-state index in [0.717, 1.165) is 0 Å². The number of hydrogen-bond acceptors (Lipinski definition) is 6. The van der Waals surface area contributed by atoms with Crippen LogP contribution in [-0.2, 0) is 17.4 Å². The molecule has 0 aliphatic heterocycles. The average molecular weight is 252 g/mol. The molecule has 0 saturated heterocycles. The van der Waals surface area contributed by atoms with E-state index in [1.807, 2.05) is 0 Å². The second kappa shape index (κ2) is 5.63. The van der Waals surface area contributed by atoms with Crippen molar-refractivity contribution in [3.63, 3.8) is 0 Å². The van der Waals surface area contributed by atoms with Crippen molar-refractivity contribution in [2.75, 3.05) is 19.5 Å². The van der Waals surface area contributed by atoms with E-state index in [4.69, 9.17) is 4.89 Å². The molecule has 0 saturated carbocycles. The SMILES string of the molecule is CC[PH](O)(OC)OP(=O)(O)OSC. The van der Waals surface area contributed by atoms with E-state index < -0.39 is 15.8 Å². The second-order valence-corrected chi connectivity index (χ2v) is 7.21. The first-order valence-electron chi connectivity index (χ1n) is 3.42. The van der Waals surface area contributed by atoms with Crippen LogP contribution in [-0.4, -0.2) is 29.3 Å². The first-order chi connectivity index (χ1) is 5.89. The summed E-state index contributed by atoms with van der Waals surface area (Å²) in [5.41, 5.74) is 0. The number of phosphoric acid groups is 1. The molecule has 13 heavy (non-hydrogen) atoms. The predicted octanol–water partition coefficient (Wildman–Crippen LogP) is 1.55. The third kappa shape index (κ3) is 5.30. The molecule has 1 unspecified atom stereocenters. The van der Waals surface area contributed by atoms with E-state index >= 15 is 0 Å². The van der Waals surface area contributed by atoms with Gasteiger partial charge in [0.25, 0.3) is 0 Å². The molecule has 1 atom stereocenters. The van der Waals surface area contributed by atoms with Crippen molar-refractivity contribution in [3.8, 4) is 0 Å². The van der Waals surface area contributed by atoms with Crippen LogP contribution in [0.1, 0.15) is 6.92 Å². The van der Waals surface area contributed by atoms with Crippen molar-refractivity contribution in [2.24, 2.45) is 0 Å². The monoisotopic (exact) mass is 252 g/mol. The van der Waals surface area contributed by atoms with Crippen LogP contribution < -0.4 is 0 Å². The van der Waals surface area contributed by atoms with Crippen LogP contribution in [0.2, 0.25) is 0 Å². The second-order valence-electron chi connectivity index (χ2n) is 2.07. The van der Waals surface area contributed by atoms with Crippen molar-refractivity contribution < 1.29 is 27.2 Å². The third-order valence-corrected chi connectivity index (χ3v) is 6.14. The first-order valence-corrected chi connectivity index (χ1v) is 8.04. The molecule has 6 nitrogen and oxygen atoms in total. The van der Waals surface area contributed by atoms with Gasteiger partial charge < -0.3 is 0 Å². The van der Waals surface area contributed by atoms with E-state index in [9.17, 15) is 9.46 Å². The van der Waals surface area contributed by atoms with Crippen LogP contribution in [0.4, 0.5) is 0 Å². The van der Waals surface area contributed by atoms with Crippen molar-refractivity contribution in [3.05, 3.63) is 0 Å². The van der Waals surface area contributed by atoms with Crippen molar-refractivity contribution in [1.82, 2.24) is 0 Å². The zero-order chi connectivity index (χ0) is 10.5. The maximum atomic E-state index is 11.0. The van der Waals surface area contributed by atoms with Gasteiger partial charge in [0.15, 0.2) is 0 Å². The summed E-state index contributed by atoms with van der Waals surface area (Å²) in [6.45, 7) is 1.59.